The first-order valence-electron chi connectivity index (χ1n) is 7.88. The Kier molecular flexibility index (Phi) is 4.36. The number of benzene rings is 1. The number of carbonyl (C=O) groups is 1. The number of hydrogen-bond acceptors (Lipinski definition) is 2. The lowest BCUT2D eigenvalue weighted by Gasteiger charge is -2.33. The Morgan fingerprint density at radius 1 is 1.05 bits per heavy atom. The molecule has 0 unspecified atom stereocenters. The largest absolute Gasteiger partial charge is 0.342 e. The van der Waals surface area contributed by atoms with Gasteiger partial charge in [0, 0.05) is 26.2 Å². The molecule has 0 N–H and O–H groups in total. The summed E-state index contributed by atoms with van der Waals surface area (Å²) in [6, 6.07) is 10.6. The van der Waals surface area contributed by atoms with Crippen LogP contribution in [0, 0.1) is 5.92 Å². The normalized spacial score (nSPS) is 24.0. The van der Waals surface area contributed by atoms with Crippen molar-refractivity contribution in [1.29, 1.82) is 0 Å². The van der Waals surface area contributed by atoms with Crippen molar-refractivity contribution in [3.05, 3.63) is 35.9 Å². The van der Waals surface area contributed by atoms with Gasteiger partial charge in [-0.2, -0.15) is 0 Å². The van der Waals surface area contributed by atoms with Crippen LogP contribution >= 0.6 is 0 Å². The Labute approximate surface area is 121 Å². The third-order valence-electron chi connectivity index (χ3n) is 4.52. The zero-order valence-electron chi connectivity index (χ0n) is 12.1. The van der Waals surface area contributed by atoms with Gasteiger partial charge < -0.3 is 4.90 Å². The fourth-order valence-corrected chi connectivity index (χ4v) is 3.44. The van der Waals surface area contributed by atoms with Gasteiger partial charge in [-0.05, 0) is 37.8 Å². The first kappa shape index (κ1) is 13.6. The summed E-state index contributed by atoms with van der Waals surface area (Å²) in [6.07, 6.45) is 4.59. The molecule has 1 amide bonds. The predicted molar refractivity (Wildman–Crippen MR) is 80.3 cm³/mol. The molecule has 1 atom stereocenters. The van der Waals surface area contributed by atoms with E-state index in [1.54, 1.807) is 0 Å². The summed E-state index contributed by atoms with van der Waals surface area (Å²) >= 11 is 0. The highest BCUT2D eigenvalue weighted by molar-refractivity contribution is 5.79. The molecule has 0 aromatic heterocycles. The van der Waals surface area contributed by atoms with Crippen molar-refractivity contribution in [2.24, 2.45) is 5.92 Å². The van der Waals surface area contributed by atoms with E-state index < -0.39 is 0 Å². The van der Waals surface area contributed by atoms with Crippen molar-refractivity contribution in [2.45, 2.75) is 32.2 Å². The number of carbonyl (C=O) groups excluding carboxylic acids is 1. The number of amides is 1. The van der Waals surface area contributed by atoms with Gasteiger partial charge in [0.25, 0.3) is 0 Å². The van der Waals surface area contributed by atoms with E-state index in [0.29, 0.717) is 5.91 Å². The molecule has 3 nitrogen and oxygen atoms in total. The van der Waals surface area contributed by atoms with Crippen LogP contribution in [0.2, 0.25) is 0 Å². The minimum Gasteiger partial charge on any atom is -0.342 e. The molecule has 2 aliphatic rings. The summed E-state index contributed by atoms with van der Waals surface area (Å²) in [5.41, 5.74) is 1.35. The van der Waals surface area contributed by atoms with Crippen LogP contribution in [0.3, 0.4) is 0 Å². The second kappa shape index (κ2) is 6.40. The minimum absolute atomic E-state index is 0.227. The van der Waals surface area contributed by atoms with Crippen molar-refractivity contribution in [3.8, 4) is 0 Å². The molecule has 2 saturated heterocycles. The zero-order chi connectivity index (χ0) is 13.8. The molecular formula is C17H24N2O. The van der Waals surface area contributed by atoms with Gasteiger partial charge in [-0.1, -0.05) is 30.3 Å². The van der Waals surface area contributed by atoms with Crippen LogP contribution in [-0.2, 0) is 11.3 Å². The van der Waals surface area contributed by atoms with Gasteiger partial charge in [-0.15, -0.1) is 0 Å². The van der Waals surface area contributed by atoms with E-state index in [0.717, 1.165) is 45.6 Å². The standard InChI is InChI=1S/C17H24N2O/c20-17(19-11-4-5-12-19)16-9-6-10-18(14-16)13-15-7-2-1-3-8-15/h1-3,7-8,16H,4-6,9-14H2/t16-/m0/s1. The molecule has 20 heavy (non-hydrogen) atoms. The first-order chi connectivity index (χ1) is 9.83. The second-order valence-corrected chi connectivity index (χ2v) is 6.09. The molecular weight excluding hydrogens is 248 g/mol. The van der Waals surface area contributed by atoms with Crippen molar-refractivity contribution >= 4 is 5.91 Å². The summed E-state index contributed by atoms with van der Waals surface area (Å²) in [5, 5.41) is 0. The topological polar surface area (TPSA) is 23.6 Å². The van der Waals surface area contributed by atoms with E-state index in [2.05, 4.69) is 40.1 Å². The van der Waals surface area contributed by atoms with Gasteiger partial charge in [0.2, 0.25) is 5.91 Å². The number of hydrogen-bond donors (Lipinski definition) is 0. The third-order valence-corrected chi connectivity index (χ3v) is 4.52. The van der Waals surface area contributed by atoms with E-state index in [1.807, 2.05) is 0 Å². The van der Waals surface area contributed by atoms with Crippen molar-refractivity contribution in [2.75, 3.05) is 26.2 Å². The molecule has 0 bridgehead atoms. The van der Waals surface area contributed by atoms with Crippen molar-refractivity contribution < 1.29 is 4.79 Å². The maximum absolute atomic E-state index is 12.5. The molecule has 2 heterocycles. The molecule has 108 valence electrons. The van der Waals surface area contributed by atoms with Crippen LogP contribution in [-0.4, -0.2) is 41.9 Å². The van der Waals surface area contributed by atoms with E-state index in [9.17, 15) is 4.79 Å². The summed E-state index contributed by atoms with van der Waals surface area (Å²) < 4.78 is 0. The molecule has 3 rings (SSSR count). The summed E-state index contributed by atoms with van der Waals surface area (Å²) in [4.78, 5) is 17.0. The average Bonchev–Trinajstić information content (AvgIpc) is 3.02. The summed E-state index contributed by atoms with van der Waals surface area (Å²) in [7, 11) is 0. The van der Waals surface area contributed by atoms with Gasteiger partial charge in [0.1, 0.15) is 0 Å². The molecule has 3 heteroatoms. The minimum atomic E-state index is 0.227. The van der Waals surface area contributed by atoms with Crippen molar-refractivity contribution in [3.63, 3.8) is 0 Å². The highest BCUT2D eigenvalue weighted by atomic mass is 16.2. The molecule has 0 radical (unpaired) electrons. The maximum Gasteiger partial charge on any atom is 0.226 e. The average molecular weight is 272 g/mol. The van der Waals surface area contributed by atoms with Gasteiger partial charge in [-0.25, -0.2) is 0 Å². The summed E-state index contributed by atoms with van der Waals surface area (Å²) in [5.74, 6) is 0.630. The van der Waals surface area contributed by atoms with Crippen LogP contribution in [0.25, 0.3) is 0 Å². The SMILES string of the molecule is O=C([C@H]1CCCN(Cc2ccccc2)C1)N1CCCC1. The van der Waals surface area contributed by atoms with E-state index in [1.165, 1.54) is 18.4 Å². The smallest absolute Gasteiger partial charge is 0.226 e. The highest BCUT2D eigenvalue weighted by Crippen LogP contribution is 2.22. The summed E-state index contributed by atoms with van der Waals surface area (Å²) in [6.45, 7) is 5.00. The molecule has 2 aliphatic heterocycles. The lowest BCUT2D eigenvalue weighted by molar-refractivity contribution is -0.136. The number of rotatable bonds is 3. The van der Waals surface area contributed by atoms with E-state index in [4.69, 9.17) is 0 Å². The van der Waals surface area contributed by atoms with E-state index in [-0.39, 0.29) is 5.92 Å². The van der Waals surface area contributed by atoms with Crippen LogP contribution in [0.15, 0.2) is 30.3 Å². The fourth-order valence-electron chi connectivity index (χ4n) is 3.44. The van der Waals surface area contributed by atoms with Crippen LogP contribution in [0.1, 0.15) is 31.2 Å². The van der Waals surface area contributed by atoms with Gasteiger partial charge in [-0.3, -0.25) is 9.69 Å². The highest BCUT2D eigenvalue weighted by Gasteiger charge is 2.30. The monoisotopic (exact) mass is 272 g/mol. The Bertz CT molecular complexity index is 440. The molecule has 0 aliphatic carbocycles. The number of likely N-dealkylation sites (tertiary alicyclic amines) is 2. The lowest BCUT2D eigenvalue weighted by Crippen LogP contribution is -2.43. The van der Waals surface area contributed by atoms with Crippen LogP contribution in [0.4, 0.5) is 0 Å². The zero-order valence-corrected chi connectivity index (χ0v) is 12.1. The lowest BCUT2D eigenvalue weighted by atomic mass is 9.96. The Hall–Kier alpha value is -1.35. The maximum atomic E-state index is 12.5. The quantitative estimate of drug-likeness (QED) is 0.844. The van der Waals surface area contributed by atoms with Crippen LogP contribution in [0.5, 0.6) is 0 Å². The molecule has 2 fully saturated rings. The van der Waals surface area contributed by atoms with Gasteiger partial charge in [0.15, 0.2) is 0 Å². The molecule has 0 saturated carbocycles. The molecule has 1 aromatic carbocycles. The van der Waals surface area contributed by atoms with Crippen LogP contribution < -0.4 is 0 Å². The van der Waals surface area contributed by atoms with Gasteiger partial charge >= 0.3 is 0 Å². The van der Waals surface area contributed by atoms with Crippen molar-refractivity contribution in [1.82, 2.24) is 9.80 Å². The number of piperidine rings is 1. The fraction of sp³-hybridized carbons (Fsp3) is 0.588. The third kappa shape index (κ3) is 3.21. The van der Waals surface area contributed by atoms with E-state index >= 15 is 0 Å². The Morgan fingerprint density at radius 2 is 1.80 bits per heavy atom. The Morgan fingerprint density at radius 3 is 2.55 bits per heavy atom. The molecule has 1 aromatic rings. The second-order valence-electron chi connectivity index (χ2n) is 6.09. The number of nitrogens with zero attached hydrogens (tertiary/aromatic N) is 2. The van der Waals surface area contributed by atoms with Gasteiger partial charge in [0.05, 0.1) is 5.92 Å². The predicted octanol–water partition coefficient (Wildman–Crippen LogP) is 2.52. The molecule has 0 spiro atoms. The first-order valence-corrected chi connectivity index (χ1v) is 7.88. The Balaban J connectivity index is 1.57.